The van der Waals surface area contributed by atoms with E-state index >= 15 is 0 Å². The Labute approximate surface area is 126 Å². The highest BCUT2D eigenvalue weighted by Gasteiger charge is 2.52. The van der Waals surface area contributed by atoms with Crippen LogP contribution < -0.4 is 9.47 Å². The smallest absolute Gasteiger partial charge is 0.230 e. The van der Waals surface area contributed by atoms with Crippen LogP contribution in [0.15, 0.2) is 18.2 Å². The van der Waals surface area contributed by atoms with Gasteiger partial charge in [0.15, 0.2) is 5.79 Å². The first-order valence-electron chi connectivity index (χ1n) is 6.88. The van der Waals surface area contributed by atoms with Crippen molar-refractivity contribution in [1.29, 1.82) is 0 Å². The lowest BCUT2D eigenvalue weighted by Gasteiger charge is -2.45. The van der Waals surface area contributed by atoms with Crippen LogP contribution in [0.3, 0.4) is 0 Å². The Bertz CT molecular complexity index is 548. The summed E-state index contributed by atoms with van der Waals surface area (Å²) in [6.45, 7) is -0.569. The molecule has 122 valence electrons. The first kappa shape index (κ1) is 15.5. The third-order valence-electron chi connectivity index (χ3n) is 3.97. The van der Waals surface area contributed by atoms with Crippen LogP contribution >= 0.6 is 0 Å². The Morgan fingerprint density at radius 3 is 2.64 bits per heavy atom. The van der Waals surface area contributed by atoms with Crippen LogP contribution in [0.2, 0.25) is 0 Å². The molecular weight excluding hydrogens is 296 g/mol. The van der Waals surface area contributed by atoms with Gasteiger partial charge in [-0.05, 0) is 6.07 Å². The Morgan fingerprint density at radius 2 is 1.91 bits per heavy atom. The molecule has 2 aliphatic rings. The normalized spacial score (nSPS) is 37.3. The summed E-state index contributed by atoms with van der Waals surface area (Å²) in [5, 5.41) is 49.3. The maximum absolute atomic E-state index is 10.5. The van der Waals surface area contributed by atoms with Crippen molar-refractivity contribution in [3.05, 3.63) is 23.8 Å². The van der Waals surface area contributed by atoms with Gasteiger partial charge >= 0.3 is 0 Å². The monoisotopic (exact) mass is 314 g/mol. The largest absolute Gasteiger partial charge is 0.457 e. The van der Waals surface area contributed by atoms with Crippen LogP contribution in [0.4, 0.5) is 0 Å². The standard InChI is InChI=1S/C14H18O8/c15-5-10-11(16)12(17)13(18)14(19,22-10)4-7-1-2-8-3-9(7)21-6-20-8/h1-3,10-13,15-19H,4-6H2/t10-,11-,12+,13-,14?/m1/s1. The lowest BCUT2D eigenvalue weighted by atomic mass is 9.88. The lowest BCUT2D eigenvalue weighted by Crippen LogP contribution is -2.65. The van der Waals surface area contributed by atoms with Crippen molar-refractivity contribution < 1.29 is 39.7 Å². The molecule has 2 aliphatic heterocycles. The molecule has 8 heteroatoms. The molecular formula is C14H18O8. The number of ether oxygens (including phenoxy) is 3. The number of aliphatic hydroxyl groups is 5. The van der Waals surface area contributed by atoms with Gasteiger partial charge in [0.25, 0.3) is 0 Å². The second kappa shape index (κ2) is 5.65. The molecule has 2 bridgehead atoms. The molecule has 0 aromatic heterocycles. The van der Waals surface area contributed by atoms with Gasteiger partial charge in [-0.3, -0.25) is 0 Å². The Kier molecular flexibility index (Phi) is 3.98. The van der Waals surface area contributed by atoms with Gasteiger partial charge in [0, 0.05) is 18.1 Å². The van der Waals surface area contributed by atoms with Gasteiger partial charge in [-0.15, -0.1) is 0 Å². The third-order valence-corrected chi connectivity index (χ3v) is 3.97. The molecule has 1 unspecified atom stereocenters. The molecule has 5 N–H and O–H groups in total. The molecule has 3 rings (SSSR count). The fourth-order valence-electron chi connectivity index (χ4n) is 2.71. The molecule has 22 heavy (non-hydrogen) atoms. The van der Waals surface area contributed by atoms with E-state index in [0.717, 1.165) is 0 Å². The number of rotatable bonds is 3. The molecule has 0 saturated carbocycles. The van der Waals surface area contributed by atoms with Crippen LogP contribution in [-0.4, -0.2) is 69.1 Å². The highest BCUT2D eigenvalue weighted by atomic mass is 16.7. The average Bonchev–Trinajstić information content (AvgIpc) is 2.52. The quantitative estimate of drug-likeness (QED) is 0.438. The van der Waals surface area contributed by atoms with Gasteiger partial charge < -0.3 is 39.7 Å². The summed E-state index contributed by atoms with van der Waals surface area (Å²) in [6, 6.07) is 4.95. The van der Waals surface area contributed by atoms with Crippen molar-refractivity contribution in [2.45, 2.75) is 36.6 Å². The number of fused-ring (bicyclic) bond motifs is 2. The predicted octanol–water partition coefficient (Wildman–Crippen LogP) is -1.88. The van der Waals surface area contributed by atoms with Crippen LogP contribution in [0, 0.1) is 0 Å². The molecule has 0 aliphatic carbocycles. The minimum absolute atomic E-state index is 0.0391. The fourth-order valence-corrected chi connectivity index (χ4v) is 2.71. The Morgan fingerprint density at radius 1 is 1.14 bits per heavy atom. The summed E-state index contributed by atoms with van der Waals surface area (Å²) in [7, 11) is 0. The topological polar surface area (TPSA) is 129 Å². The SMILES string of the molecule is OC[C@H]1OC(O)(Cc2ccc3cc2OCO3)[C@H](O)[C@@H](O)[C@@H]1O. The maximum Gasteiger partial charge on any atom is 0.230 e. The van der Waals surface area contributed by atoms with E-state index in [9.17, 15) is 25.5 Å². The van der Waals surface area contributed by atoms with Gasteiger partial charge in [0.05, 0.1) is 6.61 Å². The van der Waals surface area contributed by atoms with Crippen LogP contribution in [0.1, 0.15) is 5.56 Å². The second-order valence-electron chi connectivity index (χ2n) is 5.46. The van der Waals surface area contributed by atoms with E-state index in [1.807, 2.05) is 0 Å². The number of aliphatic hydroxyl groups excluding tert-OH is 4. The highest BCUT2D eigenvalue weighted by Crippen LogP contribution is 2.35. The Hall–Kier alpha value is -1.42. The molecule has 0 spiro atoms. The molecule has 0 amide bonds. The number of hydrogen-bond donors (Lipinski definition) is 5. The van der Waals surface area contributed by atoms with Gasteiger partial charge in [-0.1, -0.05) is 6.07 Å². The summed E-state index contributed by atoms with van der Waals surface area (Å²) in [6.07, 6.45) is -6.27. The zero-order valence-corrected chi connectivity index (χ0v) is 11.6. The predicted molar refractivity (Wildman–Crippen MR) is 71.2 cm³/mol. The molecule has 1 fully saturated rings. The summed E-state index contributed by atoms with van der Waals surface area (Å²) in [5.41, 5.74) is 0.536. The van der Waals surface area contributed by atoms with E-state index in [0.29, 0.717) is 17.1 Å². The van der Waals surface area contributed by atoms with Gasteiger partial charge in [0.1, 0.15) is 35.9 Å². The number of hydrogen-bond acceptors (Lipinski definition) is 8. The summed E-state index contributed by atoms with van der Waals surface area (Å²) in [4.78, 5) is 0. The fraction of sp³-hybridized carbons (Fsp3) is 0.571. The molecule has 8 nitrogen and oxygen atoms in total. The van der Waals surface area contributed by atoms with Crippen molar-refractivity contribution in [1.82, 2.24) is 0 Å². The summed E-state index contributed by atoms with van der Waals surface area (Å²) in [5.74, 6) is -1.08. The Balaban J connectivity index is 1.86. The highest BCUT2D eigenvalue weighted by molar-refractivity contribution is 5.42. The first-order chi connectivity index (χ1) is 10.4. The average molecular weight is 314 g/mol. The van der Waals surface area contributed by atoms with Gasteiger partial charge in [-0.25, -0.2) is 0 Å². The van der Waals surface area contributed by atoms with Crippen molar-refractivity contribution >= 4 is 0 Å². The van der Waals surface area contributed by atoms with Crippen molar-refractivity contribution in [3.8, 4) is 11.5 Å². The lowest BCUT2D eigenvalue weighted by molar-refractivity contribution is -0.348. The minimum atomic E-state index is -2.16. The minimum Gasteiger partial charge on any atom is -0.457 e. The zero-order chi connectivity index (χ0) is 15.9. The zero-order valence-electron chi connectivity index (χ0n) is 11.6. The molecule has 5 atom stereocenters. The number of benzene rings is 1. The molecule has 1 aromatic rings. The van der Waals surface area contributed by atoms with E-state index in [-0.39, 0.29) is 13.2 Å². The molecule has 2 heterocycles. The van der Waals surface area contributed by atoms with E-state index in [1.165, 1.54) is 0 Å². The van der Waals surface area contributed by atoms with Crippen molar-refractivity contribution in [2.24, 2.45) is 0 Å². The molecule has 1 saturated heterocycles. The molecule has 0 radical (unpaired) electrons. The van der Waals surface area contributed by atoms with Crippen molar-refractivity contribution in [2.75, 3.05) is 13.4 Å². The van der Waals surface area contributed by atoms with E-state index in [4.69, 9.17) is 14.2 Å². The summed E-state index contributed by atoms with van der Waals surface area (Å²) >= 11 is 0. The first-order valence-corrected chi connectivity index (χ1v) is 6.88. The van der Waals surface area contributed by atoms with Gasteiger partial charge in [0.2, 0.25) is 6.79 Å². The van der Waals surface area contributed by atoms with E-state index in [1.54, 1.807) is 18.2 Å². The van der Waals surface area contributed by atoms with Crippen LogP contribution in [0.5, 0.6) is 11.5 Å². The maximum atomic E-state index is 10.5. The van der Waals surface area contributed by atoms with Gasteiger partial charge in [-0.2, -0.15) is 0 Å². The second-order valence-corrected chi connectivity index (χ2v) is 5.46. The summed E-state index contributed by atoms with van der Waals surface area (Å²) < 4.78 is 15.7. The van der Waals surface area contributed by atoms with E-state index < -0.39 is 36.8 Å². The van der Waals surface area contributed by atoms with Crippen LogP contribution in [-0.2, 0) is 11.2 Å². The van der Waals surface area contributed by atoms with Crippen LogP contribution in [0.25, 0.3) is 0 Å². The molecule has 1 aromatic carbocycles. The third kappa shape index (κ3) is 2.54. The van der Waals surface area contributed by atoms with E-state index in [2.05, 4.69) is 0 Å². The van der Waals surface area contributed by atoms with Crippen molar-refractivity contribution in [3.63, 3.8) is 0 Å².